The van der Waals surface area contributed by atoms with Gasteiger partial charge in [-0.15, -0.1) is 0 Å². The fraction of sp³-hybridized carbons (Fsp3) is 0.600. The summed E-state index contributed by atoms with van der Waals surface area (Å²) < 4.78 is 10.3. The van der Waals surface area contributed by atoms with Gasteiger partial charge in [-0.05, 0) is 32.4 Å². The van der Waals surface area contributed by atoms with E-state index >= 15 is 0 Å². The van der Waals surface area contributed by atoms with Crippen molar-refractivity contribution < 1.29 is 9.47 Å². The van der Waals surface area contributed by atoms with Crippen LogP contribution >= 0.6 is 0 Å². The Morgan fingerprint density at radius 1 is 1.22 bits per heavy atom. The fourth-order valence-corrected chi connectivity index (χ4v) is 1.79. The second kappa shape index (κ2) is 9.09. The second-order valence-electron chi connectivity index (χ2n) is 4.55. The number of nitrogens with one attached hydrogen (secondary N) is 1. The molecule has 0 unspecified atom stereocenters. The Hall–Kier alpha value is -0.900. The van der Waals surface area contributed by atoms with Crippen LogP contribution in [-0.4, -0.2) is 33.5 Å². The molecule has 18 heavy (non-hydrogen) atoms. The zero-order valence-electron chi connectivity index (χ0n) is 11.7. The van der Waals surface area contributed by atoms with Crippen molar-refractivity contribution in [2.24, 2.45) is 0 Å². The minimum atomic E-state index is 0.392. The van der Waals surface area contributed by atoms with E-state index in [1.54, 1.807) is 7.11 Å². The van der Waals surface area contributed by atoms with Gasteiger partial charge in [-0.2, -0.15) is 0 Å². The van der Waals surface area contributed by atoms with E-state index in [2.05, 4.69) is 43.4 Å². The molecule has 0 saturated heterocycles. The Morgan fingerprint density at radius 2 is 2.06 bits per heavy atom. The third-order valence-corrected chi connectivity index (χ3v) is 2.89. The lowest BCUT2D eigenvalue weighted by atomic mass is 10.1. The normalized spacial score (nSPS) is 12.6. The Bertz CT molecular complexity index is 328. The van der Waals surface area contributed by atoms with Crippen LogP contribution < -0.4 is 5.32 Å². The van der Waals surface area contributed by atoms with Crippen molar-refractivity contribution in [1.29, 1.82) is 0 Å². The summed E-state index contributed by atoms with van der Waals surface area (Å²) in [5.41, 5.74) is 2.65. The van der Waals surface area contributed by atoms with E-state index in [-0.39, 0.29) is 0 Å². The minimum Gasteiger partial charge on any atom is -0.382 e. The Labute approximate surface area is 110 Å². The van der Waals surface area contributed by atoms with Crippen molar-refractivity contribution in [3.63, 3.8) is 0 Å². The maximum atomic E-state index is 5.42. The minimum absolute atomic E-state index is 0.392. The molecule has 0 aromatic heterocycles. The number of rotatable bonds is 9. The predicted octanol–water partition coefficient (Wildman–Crippen LogP) is 2.70. The van der Waals surface area contributed by atoms with E-state index in [0.717, 1.165) is 19.6 Å². The molecule has 0 heterocycles. The van der Waals surface area contributed by atoms with Crippen LogP contribution in [0.25, 0.3) is 0 Å². The maximum absolute atomic E-state index is 5.42. The molecule has 0 aliphatic heterocycles. The van der Waals surface area contributed by atoms with E-state index in [9.17, 15) is 0 Å². The van der Waals surface area contributed by atoms with Crippen molar-refractivity contribution in [2.45, 2.75) is 26.3 Å². The van der Waals surface area contributed by atoms with E-state index in [1.165, 1.54) is 11.1 Å². The van der Waals surface area contributed by atoms with E-state index in [0.29, 0.717) is 19.3 Å². The smallest absolute Gasteiger partial charge is 0.0700 e. The lowest BCUT2D eigenvalue weighted by Gasteiger charge is -2.14. The van der Waals surface area contributed by atoms with Gasteiger partial charge in [0.15, 0.2) is 0 Å². The largest absolute Gasteiger partial charge is 0.382 e. The van der Waals surface area contributed by atoms with Gasteiger partial charge in [0.1, 0.15) is 0 Å². The monoisotopic (exact) mass is 251 g/mol. The fourth-order valence-electron chi connectivity index (χ4n) is 1.79. The highest BCUT2D eigenvalue weighted by atomic mass is 16.5. The molecule has 1 rings (SSSR count). The van der Waals surface area contributed by atoms with Gasteiger partial charge in [-0.3, -0.25) is 0 Å². The van der Waals surface area contributed by atoms with Crippen molar-refractivity contribution in [1.82, 2.24) is 5.32 Å². The van der Waals surface area contributed by atoms with Crippen LogP contribution in [0.3, 0.4) is 0 Å². The van der Waals surface area contributed by atoms with Gasteiger partial charge in [-0.25, -0.2) is 0 Å². The molecule has 0 aliphatic carbocycles. The number of methoxy groups -OCH3 is 1. The van der Waals surface area contributed by atoms with E-state index < -0.39 is 0 Å². The summed E-state index contributed by atoms with van der Waals surface area (Å²) in [5, 5.41) is 3.51. The Morgan fingerprint density at radius 3 is 2.78 bits per heavy atom. The molecule has 1 N–H and O–H groups in total. The quantitative estimate of drug-likeness (QED) is 0.685. The van der Waals surface area contributed by atoms with E-state index in [1.807, 2.05) is 0 Å². The third kappa shape index (κ3) is 6.15. The van der Waals surface area contributed by atoms with E-state index in [4.69, 9.17) is 9.47 Å². The van der Waals surface area contributed by atoms with Gasteiger partial charge >= 0.3 is 0 Å². The lowest BCUT2D eigenvalue weighted by Crippen LogP contribution is -2.21. The summed E-state index contributed by atoms with van der Waals surface area (Å²) in [4.78, 5) is 0. The number of aryl methyl sites for hydroxylation is 1. The molecular weight excluding hydrogens is 226 g/mol. The van der Waals surface area contributed by atoms with Gasteiger partial charge in [0, 0.05) is 19.8 Å². The van der Waals surface area contributed by atoms with Crippen LogP contribution in [0.5, 0.6) is 0 Å². The van der Waals surface area contributed by atoms with Crippen molar-refractivity contribution >= 4 is 0 Å². The molecule has 0 bridgehead atoms. The maximum Gasteiger partial charge on any atom is 0.0700 e. The standard InChI is InChI=1S/C15H25NO2/c1-13-6-4-7-15(12-13)14(2)16-8-5-9-18-11-10-17-3/h4,6-7,12,14,16H,5,8-11H2,1-3H3/t14-/m1/s1. The Kier molecular flexibility index (Phi) is 7.65. The van der Waals surface area contributed by atoms with Crippen molar-refractivity contribution in [3.8, 4) is 0 Å². The molecule has 3 nitrogen and oxygen atoms in total. The van der Waals surface area contributed by atoms with Crippen LogP contribution in [0, 0.1) is 6.92 Å². The summed E-state index contributed by atoms with van der Waals surface area (Å²) in [5.74, 6) is 0. The zero-order valence-corrected chi connectivity index (χ0v) is 11.7. The first-order valence-corrected chi connectivity index (χ1v) is 6.60. The number of hydrogen-bond acceptors (Lipinski definition) is 3. The highest BCUT2D eigenvalue weighted by molar-refractivity contribution is 5.24. The molecule has 0 radical (unpaired) electrons. The molecule has 0 saturated carbocycles. The zero-order chi connectivity index (χ0) is 13.2. The van der Waals surface area contributed by atoms with Crippen molar-refractivity contribution in [2.75, 3.05) is 33.5 Å². The number of benzene rings is 1. The van der Waals surface area contributed by atoms with Gasteiger partial charge < -0.3 is 14.8 Å². The molecule has 3 heteroatoms. The highest BCUT2D eigenvalue weighted by Crippen LogP contribution is 2.13. The second-order valence-corrected chi connectivity index (χ2v) is 4.55. The molecule has 0 aliphatic rings. The Balaban J connectivity index is 2.12. The van der Waals surface area contributed by atoms with Gasteiger partial charge in [0.05, 0.1) is 13.2 Å². The summed E-state index contributed by atoms with van der Waals surface area (Å²) in [6.07, 6.45) is 1.03. The number of hydrogen-bond donors (Lipinski definition) is 1. The third-order valence-electron chi connectivity index (χ3n) is 2.89. The molecule has 0 fully saturated rings. The van der Waals surface area contributed by atoms with Crippen LogP contribution in [0.4, 0.5) is 0 Å². The molecule has 0 amide bonds. The SMILES string of the molecule is COCCOCCCN[C@H](C)c1cccc(C)c1. The average molecular weight is 251 g/mol. The van der Waals surface area contributed by atoms with Gasteiger partial charge in [-0.1, -0.05) is 29.8 Å². The van der Waals surface area contributed by atoms with Gasteiger partial charge in [0.2, 0.25) is 0 Å². The summed E-state index contributed by atoms with van der Waals surface area (Å²) in [7, 11) is 1.69. The molecular formula is C15H25NO2. The van der Waals surface area contributed by atoms with Crippen LogP contribution in [-0.2, 0) is 9.47 Å². The molecule has 1 aromatic carbocycles. The molecule has 102 valence electrons. The van der Waals surface area contributed by atoms with Crippen LogP contribution in [0.15, 0.2) is 24.3 Å². The average Bonchev–Trinajstić information content (AvgIpc) is 2.37. The van der Waals surface area contributed by atoms with Crippen LogP contribution in [0.1, 0.15) is 30.5 Å². The summed E-state index contributed by atoms with van der Waals surface area (Å²) >= 11 is 0. The topological polar surface area (TPSA) is 30.5 Å². The molecule has 0 spiro atoms. The number of ether oxygens (including phenoxy) is 2. The first-order chi connectivity index (χ1) is 8.74. The van der Waals surface area contributed by atoms with Crippen molar-refractivity contribution in [3.05, 3.63) is 35.4 Å². The van der Waals surface area contributed by atoms with Crippen LogP contribution in [0.2, 0.25) is 0 Å². The first kappa shape index (κ1) is 15.2. The summed E-state index contributed by atoms with van der Waals surface area (Å²) in [6.45, 7) is 7.44. The predicted molar refractivity (Wildman–Crippen MR) is 74.9 cm³/mol. The van der Waals surface area contributed by atoms with Gasteiger partial charge in [0.25, 0.3) is 0 Å². The highest BCUT2D eigenvalue weighted by Gasteiger charge is 2.03. The summed E-state index contributed by atoms with van der Waals surface area (Å²) in [6, 6.07) is 9.02. The molecule has 1 atom stereocenters. The molecule has 1 aromatic rings. The first-order valence-electron chi connectivity index (χ1n) is 6.60. The lowest BCUT2D eigenvalue weighted by molar-refractivity contribution is 0.0693.